The van der Waals surface area contributed by atoms with Crippen LogP contribution in [0.1, 0.15) is 132 Å². The maximum Gasteiger partial charge on any atom is 0.433 e. The van der Waals surface area contributed by atoms with Gasteiger partial charge in [0, 0.05) is 62.7 Å². The average Bonchev–Trinajstić information content (AvgIpc) is 4.00. The number of fused-ring (bicyclic) bond motifs is 1. The minimum Gasteiger partial charge on any atom is -0.395 e. The van der Waals surface area contributed by atoms with Crippen LogP contribution in [-0.4, -0.2) is 108 Å². The Morgan fingerprint density at radius 1 is 0.594 bits per heavy atom. The van der Waals surface area contributed by atoms with Gasteiger partial charge in [-0.2, -0.15) is 0 Å². The highest BCUT2D eigenvalue weighted by atomic mass is 16.6. The molecular formula is C47H74N12O10. The van der Waals surface area contributed by atoms with Crippen molar-refractivity contribution in [1.82, 2.24) is 36.9 Å². The summed E-state index contributed by atoms with van der Waals surface area (Å²) in [4.78, 5) is 99.2. The predicted molar refractivity (Wildman–Crippen MR) is 260 cm³/mol. The number of carbonyl (C=O) groups is 7. The number of H-pyrrole nitrogens is 1. The number of nitrogens with one attached hydrogen (secondary N) is 7. The maximum atomic E-state index is 12.7. The zero-order valence-corrected chi connectivity index (χ0v) is 39.7. The lowest BCUT2D eigenvalue weighted by atomic mass is 10.1. The first kappa shape index (κ1) is 56.9. The summed E-state index contributed by atoms with van der Waals surface area (Å²) in [5.41, 5.74) is 26.0. The summed E-state index contributed by atoms with van der Waals surface area (Å²) < 4.78 is 4.86. The van der Waals surface area contributed by atoms with Gasteiger partial charge >= 0.3 is 5.88 Å². The number of benzene rings is 1. The van der Waals surface area contributed by atoms with Crippen molar-refractivity contribution in [2.75, 3.05) is 32.7 Å². The van der Waals surface area contributed by atoms with E-state index in [1.165, 1.54) is 17.0 Å². The molecule has 7 amide bonds. The van der Waals surface area contributed by atoms with Gasteiger partial charge in [0.05, 0.1) is 24.2 Å². The lowest BCUT2D eigenvalue weighted by Gasteiger charge is -2.19. The minimum atomic E-state index is -0.879. The van der Waals surface area contributed by atoms with E-state index in [4.69, 9.17) is 27.4 Å². The van der Waals surface area contributed by atoms with Crippen molar-refractivity contribution in [3.8, 4) is 0 Å². The van der Waals surface area contributed by atoms with Crippen LogP contribution in [0, 0.1) is 10.1 Å². The van der Waals surface area contributed by atoms with E-state index in [9.17, 15) is 43.7 Å². The van der Waals surface area contributed by atoms with E-state index in [0.29, 0.717) is 142 Å². The zero-order chi connectivity index (χ0) is 50.4. The Balaban J connectivity index is 1.10. The highest BCUT2D eigenvalue weighted by molar-refractivity contribution is 5.91. The number of para-hydroxylation sites is 1. The third kappa shape index (κ3) is 23.0. The second-order valence-electron chi connectivity index (χ2n) is 17.2. The molecule has 69 heavy (non-hydrogen) atoms. The lowest BCUT2D eigenvalue weighted by Crippen LogP contribution is -2.50. The van der Waals surface area contributed by atoms with E-state index >= 15 is 0 Å². The second kappa shape index (κ2) is 32.4. The van der Waals surface area contributed by atoms with Gasteiger partial charge < -0.3 is 64.2 Å². The molecule has 3 aromatic rings. The number of rotatable bonds is 37. The van der Waals surface area contributed by atoms with E-state index in [1.807, 2.05) is 24.4 Å². The molecule has 4 atom stereocenters. The van der Waals surface area contributed by atoms with Crippen LogP contribution >= 0.6 is 0 Å². The Morgan fingerprint density at radius 2 is 1.10 bits per heavy atom. The third-order valence-electron chi connectivity index (χ3n) is 11.5. The Morgan fingerprint density at radius 3 is 1.67 bits per heavy atom. The average molecular weight is 967 g/mol. The fourth-order valence-corrected chi connectivity index (χ4v) is 7.42. The number of nitro groups is 1. The minimum absolute atomic E-state index is 0.0352. The molecule has 0 saturated heterocycles. The number of aromatic amines is 1. The van der Waals surface area contributed by atoms with Gasteiger partial charge in [-0.05, 0) is 120 Å². The normalized spacial score (nSPS) is 12.9. The first-order valence-electron chi connectivity index (χ1n) is 24.2. The largest absolute Gasteiger partial charge is 0.433 e. The summed E-state index contributed by atoms with van der Waals surface area (Å²) in [5.74, 6) is -3.02. The van der Waals surface area contributed by atoms with Crippen molar-refractivity contribution in [2.45, 2.75) is 146 Å². The predicted octanol–water partition coefficient (Wildman–Crippen LogP) is 2.08. The molecular weight excluding hydrogens is 893 g/mol. The van der Waals surface area contributed by atoms with Crippen molar-refractivity contribution in [1.29, 1.82) is 0 Å². The number of amides is 7. The molecule has 0 bridgehead atoms. The molecule has 0 radical (unpaired) electrons. The Labute approximate surface area is 402 Å². The number of carbonyl (C=O) groups excluding carboxylic acids is 7. The molecule has 15 N–H and O–H groups in total. The molecule has 0 saturated carbocycles. The number of nitrogens with two attached hydrogens (primary N) is 4. The molecule has 2 aromatic heterocycles. The first-order valence-corrected chi connectivity index (χ1v) is 24.2. The molecule has 22 heteroatoms. The van der Waals surface area contributed by atoms with Crippen molar-refractivity contribution in [3.05, 3.63) is 64.0 Å². The summed E-state index contributed by atoms with van der Waals surface area (Å²) in [7, 11) is 0. The number of furan rings is 1. The molecule has 2 heterocycles. The smallest absolute Gasteiger partial charge is 0.395 e. The van der Waals surface area contributed by atoms with Gasteiger partial charge in [0.2, 0.25) is 35.4 Å². The molecule has 4 unspecified atom stereocenters. The fourth-order valence-electron chi connectivity index (χ4n) is 7.42. The van der Waals surface area contributed by atoms with Gasteiger partial charge in [-0.15, -0.1) is 0 Å². The van der Waals surface area contributed by atoms with Gasteiger partial charge in [0.15, 0.2) is 5.76 Å². The summed E-state index contributed by atoms with van der Waals surface area (Å²) in [6.45, 7) is 1.99. The van der Waals surface area contributed by atoms with E-state index in [-0.39, 0.29) is 29.4 Å². The lowest BCUT2D eigenvalue weighted by molar-refractivity contribution is -0.402. The highest BCUT2D eigenvalue weighted by Crippen LogP contribution is 2.20. The molecule has 22 nitrogen and oxygen atoms in total. The molecule has 0 fully saturated rings. The van der Waals surface area contributed by atoms with Gasteiger partial charge in [-0.25, -0.2) is 0 Å². The summed E-state index contributed by atoms with van der Waals surface area (Å²) >= 11 is 0. The number of aromatic nitrogens is 1. The number of hydrogen-bond donors (Lipinski definition) is 11. The van der Waals surface area contributed by atoms with Gasteiger partial charge in [0.25, 0.3) is 5.91 Å². The van der Waals surface area contributed by atoms with Gasteiger partial charge in [-0.3, -0.25) is 43.7 Å². The third-order valence-corrected chi connectivity index (χ3v) is 11.5. The van der Waals surface area contributed by atoms with Crippen LogP contribution in [0.4, 0.5) is 5.88 Å². The molecule has 0 aliphatic carbocycles. The number of primary amides is 1. The summed E-state index contributed by atoms with van der Waals surface area (Å²) in [5, 5.41) is 28.5. The van der Waals surface area contributed by atoms with Crippen LogP contribution in [0.2, 0.25) is 0 Å². The van der Waals surface area contributed by atoms with Crippen LogP contribution in [0.15, 0.2) is 47.0 Å². The molecule has 0 aliphatic heterocycles. The standard InChI is InChI=1S/C47H74N12O10/c48-34(17-5-10-26-52-40(60)22-2-1-9-28-56-47(66)39-24-25-42(69-39)59(67)68)44(63)54-29-11-6-18-35(49)45(64)55-30-12-7-19-36(50)46(65)58-38(43(51)62)21-8-13-27-53-41(61)23-14-15-32-31-57-37-20-4-3-16-33(32)37/h3-4,16,20,24-25,31,34-36,38,57H,1-2,5-15,17-19,21-23,26-30,48-50H2,(H2,51,62)(H,52,60)(H,53,61)(H,54,63)(H,55,64)(H,56,66)(H,58,65). The Hall–Kier alpha value is -6.39. The molecule has 1 aromatic carbocycles. The quantitative estimate of drug-likeness (QED) is 0.0224. The van der Waals surface area contributed by atoms with E-state index < -0.39 is 52.7 Å². The van der Waals surface area contributed by atoms with Crippen molar-refractivity contribution in [3.63, 3.8) is 0 Å². The zero-order valence-electron chi connectivity index (χ0n) is 39.7. The van der Waals surface area contributed by atoms with E-state index in [1.54, 1.807) is 0 Å². The molecule has 0 aliphatic rings. The van der Waals surface area contributed by atoms with E-state index in [0.717, 1.165) is 24.4 Å². The maximum absolute atomic E-state index is 12.7. The number of nitrogens with zero attached hydrogens (tertiary/aromatic N) is 1. The Bertz CT molecular complexity index is 2090. The van der Waals surface area contributed by atoms with Gasteiger partial charge in [-0.1, -0.05) is 24.6 Å². The number of hydrogen-bond acceptors (Lipinski definition) is 13. The Kier molecular flexibility index (Phi) is 26.7. The SMILES string of the molecule is NC(=O)C(CCCCNC(=O)CCCc1c[nH]c2ccccc12)NC(=O)C(N)CCCCNC(=O)C(N)CCCCNC(=O)C(N)CCCCNC(=O)CCCCCNC(=O)c1ccc([N+](=O)[O-])o1. The monoisotopic (exact) mass is 967 g/mol. The van der Waals surface area contributed by atoms with Crippen LogP contribution < -0.4 is 54.8 Å². The van der Waals surface area contributed by atoms with Crippen molar-refractivity contribution >= 4 is 58.1 Å². The van der Waals surface area contributed by atoms with Crippen LogP contribution in [0.3, 0.4) is 0 Å². The van der Waals surface area contributed by atoms with Crippen LogP contribution in [0.25, 0.3) is 10.9 Å². The second-order valence-corrected chi connectivity index (χ2v) is 17.2. The topological polar surface area (TPSA) is 368 Å². The molecule has 382 valence electrons. The van der Waals surface area contributed by atoms with Crippen molar-refractivity contribution < 1.29 is 42.9 Å². The first-order chi connectivity index (χ1) is 33.2. The highest BCUT2D eigenvalue weighted by Gasteiger charge is 2.22. The summed E-state index contributed by atoms with van der Waals surface area (Å²) in [6, 6.07) is 7.27. The van der Waals surface area contributed by atoms with Crippen LogP contribution in [-0.2, 0) is 35.2 Å². The van der Waals surface area contributed by atoms with E-state index in [2.05, 4.69) is 43.0 Å². The number of unbranched alkanes of at least 4 members (excludes halogenated alkanes) is 6. The van der Waals surface area contributed by atoms with Crippen LogP contribution in [0.5, 0.6) is 0 Å². The van der Waals surface area contributed by atoms with Crippen molar-refractivity contribution in [2.24, 2.45) is 22.9 Å². The number of aryl methyl sites for hydroxylation is 1. The summed E-state index contributed by atoms with van der Waals surface area (Å²) in [6.07, 6.45) is 12.6. The molecule has 0 spiro atoms. The van der Waals surface area contributed by atoms with Gasteiger partial charge in [0.1, 0.15) is 11.0 Å². The fraction of sp³-hybridized carbons (Fsp3) is 0.596. The molecule has 3 rings (SSSR count).